The van der Waals surface area contributed by atoms with Crippen molar-refractivity contribution < 1.29 is 26.7 Å². The molecule has 1 nitrogen and oxygen atoms in total. The van der Waals surface area contributed by atoms with Crippen molar-refractivity contribution in [1.29, 1.82) is 0 Å². The Balaban J connectivity index is 1.21. The van der Waals surface area contributed by atoms with Gasteiger partial charge in [0.25, 0.3) is 5.92 Å². The van der Waals surface area contributed by atoms with Crippen molar-refractivity contribution in [3.05, 3.63) is 76.6 Å². The molecule has 236 valence electrons. The maximum Gasteiger partial charge on any atom is 0.279 e. The van der Waals surface area contributed by atoms with E-state index in [0.717, 1.165) is 49.7 Å². The first kappa shape index (κ1) is 33.6. The molecule has 2 fully saturated rings. The Kier molecular flexibility index (Phi) is 12.6. The summed E-state index contributed by atoms with van der Waals surface area (Å²) < 4.78 is 78.6. The fourth-order valence-electron chi connectivity index (χ4n) is 6.69. The van der Waals surface area contributed by atoms with Crippen LogP contribution in [0.1, 0.15) is 101 Å². The lowest BCUT2D eigenvalue weighted by Gasteiger charge is -2.29. The van der Waals surface area contributed by atoms with Crippen molar-refractivity contribution in [3.63, 3.8) is 0 Å². The third kappa shape index (κ3) is 9.60. The molecule has 0 amide bonds. The summed E-state index contributed by atoms with van der Waals surface area (Å²) >= 11 is 4.96. The van der Waals surface area contributed by atoms with Crippen molar-refractivity contribution >= 4 is 17.6 Å². The third-order valence-electron chi connectivity index (χ3n) is 9.59. The van der Waals surface area contributed by atoms with Gasteiger partial charge in [-0.2, -0.15) is 0 Å². The summed E-state index contributed by atoms with van der Waals surface area (Å²) in [5.74, 6) is -4.63. The predicted octanol–water partition coefficient (Wildman–Crippen LogP) is 11.1. The summed E-state index contributed by atoms with van der Waals surface area (Å²) in [4.78, 5) is 0. The monoisotopic (exact) mass is 620 g/mol. The van der Waals surface area contributed by atoms with E-state index in [4.69, 9.17) is 17.0 Å². The van der Waals surface area contributed by atoms with E-state index in [0.29, 0.717) is 37.0 Å². The molecule has 43 heavy (non-hydrogen) atoms. The zero-order valence-electron chi connectivity index (χ0n) is 25.2. The van der Waals surface area contributed by atoms with Crippen LogP contribution in [0.5, 0.6) is 5.75 Å². The van der Waals surface area contributed by atoms with Crippen LogP contribution in [0.4, 0.5) is 22.0 Å². The first-order valence-electron chi connectivity index (χ1n) is 16.1. The number of benzene rings is 2. The molecule has 2 aromatic carbocycles. The van der Waals surface area contributed by atoms with E-state index >= 15 is 0 Å². The SMILES string of the molecule is CCc1ccc(OCCC(F)(F)c2ccc(CCC3CCC(/C=C/C4CCC(CCC=S)CC4)CC3)c(F)c2F)c(F)c1. The molecule has 0 saturated heterocycles. The van der Waals surface area contributed by atoms with Gasteiger partial charge in [0.2, 0.25) is 0 Å². The molecule has 2 aliphatic rings. The average Bonchev–Trinajstić information content (AvgIpc) is 3.01. The van der Waals surface area contributed by atoms with Gasteiger partial charge in [-0.05, 0) is 142 Å². The third-order valence-corrected chi connectivity index (χ3v) is 9.82. The minimum absolute atomic E-state index is 0.134. The number of thiocarbonyl (C=S) groups is 1. The number of hydrogen-bond donors (Lipinski definition) is 0. The first-order valence-corrected chi connectivity index (χ1v) is 16.6. The van der Waals surface area contributed by atoms with Gasteiger partial charge < -0.3 is 4.74 Å². The van der Waals surface area contributed by atoms with Gasteiger partial charge in [-0.15, -0.1) is 0 Å². The van der Waals surface area contributed by atoms with E-state index < -0.39 is 42.0 Å². The fraction of sp³-hybridized carbons (Fsp3) is 0.583. The summed E-state index contributed by atoms with van der Waals surface area (Å²) in [5.41, 5.74) is -0.0976. The molecule has 0 aliphatic heterocycles. The second-order valence-corrected chi connectivity index (χ2v) is 12.9. The molecule has 0 aromatic heterocycles. The minimum Gasteiger partial charge on any atom is -0.490 e. The highest BCUT2D eigenvalue weighted by Gasteiger charge is 2.36. The highest BCUT2D eigenvalue weighted by molar-refractivity contribution is 7.78. The van der Waals surface area contributed by atoms with Crippen LogP contribution in [0.15, 0.2) is 42.5 Å². The molecule has 0 heterocycles. The van der Waals surface area contributed by atoms with E-state index in [-0.39, 0.29) is 11.3 Å². The van der Waals surface area contributed by atoms with Gasteiger partial charge >= 0.3 is 0 Å². The maximum atomic E-state index is 14.9. The number of rotatable bonds is 14. The van der Waals surface area contributed by atoms with Crippen LogP contribution in [-0.4, -0.2) is 12.0 Å². The van der Waals surface area contributed by atoms with E-state index in [1.165, 1.54) is 50.3 Å². The second-order valence-electron chi connectivity index (χ2n) is 12.6. The number of allylic oxidation sites excluding steroid dienone is 2. The highest BCUT2D eigenvalue weighted by Crippen LogP contribution is 2.38. The summed E-state index contributed by atoms with van der Waals surface area (Å²) in [7, 11) is 0. The van der Waals surface area contributed by atoms with Crippen molar-refractivity contribution in [2.45, 2.75) is 103 Å². The van der Waals surface area contributed by atoms with E-state index in [9.17, 15) is 22.0 Å². The number of halogens is 5. The van der Waals surface area contributed by atoms with Gasteiger partial charge in [0.15, 0.2) is 23.2 Å². The zero-order valence-corrected chi connectivity index (χ0v) is 26.1. The van der Waals surface area contributed by atoms with Crippen LogP contribution in [0, 0.1) is 41.1 Å². The number of hydrogen-bond acceptors (Lipinski definition) is 2. The lowest BCUT2D eigenvalue weighted by atomic mass is 9.77. The zero-order chi connectivity index (χ0) is 30.8. The van der Waals surface area contributed by atoms with Crippen molar-refractivity contribution in [2.75, 3.05) is 6.61 Å². The molecule has 2 aromatic rings. The molecule has 0 bridgehead atoms. The quantitative estimate of drug-likeness (QED) is 0.118. The smallest absolute Gasteiger partial charge is 0.279 e. The Bertz CT molecular complexity index is 1210. The van der Waals surface area contributed by atoms with Crippen LogP contribution < -0.4 is 4.74 Å². The molecule has 0 spiro atoms. The molecule has 7 heteroatoms. The van der Waals surface area contributed by atoms with Crippen LogP contribution in [0.2, 0.25) is 0 Å². The Morgan fingerprint density at radius 2 is 1.47 bits per heavy atom. The van der Waals surface area contributed by atoms with Gasteiger partial charge in [0, 0.05) is 0 Å². The number of alkyl halides is 2. The number of ether oxygens (including phenoxy) is 1. The van der Waals surface area contributed by atoms with Gasteiger partial charge in [-0.1, -0.05) is 43.4 Å². The summed E-state index contributed by atoms with van der Waals surface area (Å²) in [5, 5.41) is 1.85. The molecule has 0 atom stereocenters. The van der Waals surface area contributed by atoms with Gasteiger partial charge in [-0.3, -0.25) is 0 Å². The molecule has 0 unspecified atom stereocenters. The van der Waals surface area contributed by atoms with E-state index in [1.54, 1.807) is 6.07 Å². The number of aryl methyl sites for hydroxylation is 2. The van der Waals surface area contributed by atoms with Gasteiger partial charge in [-0.25, -0.2) is 22.0 Å². The summed E-state index contributed by atoms with van der Waals surface area (Å²) in [6, 6.07) is 6.61. The van der Waals surface area contributed by atoms with Gasteiger partial charge in [0.1, 0.15) is 0 Å². The maximum absolute atomic E-state index is 14.9. The summed E-state index contributed by atoms with van der Waals surface area (Å²) in [6.07, 6.45) is 17.3. The molecular formula is C36H45F5OS. The Hall–Kier alpha value is -2.28. The van der Waals surface area contributed by atoms with Gasteiger partial charge in [0.05, 0.1) is 18.6 Å². The van der Waals surface area contributed by atoms with Crippen molar-refractivity contribution in [2.24, 2.45) is 23.7 Å². The highest BCUT2D eigenvalue weighted by atomic mass is 32.1. The average molecular weight is 621 g/mol. The fourth-order valence-corrected chi connectivity index (χ4v) is 6.82. The topological polar surface area (TPSA) is 9.23 Å². The Morgan fingerprint density at radius 1 is 0.837 bits per heavy atom. The van der Waals surface area contributed by atoms with Crippen LogP contribution in [0.3, 0.4) is 0 Å². The molecule has 2 saturated carbocycles. The van der Waals surface area contributed by atoms with Crippen LogP contribution >= 0.6 is 12.2 Å². The van der Waals surface area contributed by atoms with Crippen molar-refractivity contribution in [3.8, 4) is 5.75 Å². The van der Waals surface area contributed by atoms with E-state index in [2.05, 4.69) is 12.2 Å². The second kappa shape index (κ2) is 16.2. The Morgan fingerprint density at radius 3 is 2.05 bits per heavy atom. The molecular weight excluding hydrogens is 575 g/mol. The summed E-state index contributed by atoms with van der Waals surface area (Å²) in [6.45, 7) is 1.34. The van der Waals surface area contributed by atoms with Crippen LogP contribution in [-0.2, 0) is 18.8 Å². The lowest BCUT2D eigenvalue weighted by molar-refractivity contribution is -0.0282. The standard InChI is InChI=1S/C36H45F5OS/c1-2-25-16-20-33(32(37)24-25)42-22-21-36(40,41)31-19-18-30(34(38)35(31)39)17-15-29-13-11-28(12-14-29)10-9-27-7-5-26(6-8-27)4-3-23-43/h9-10,16,18-20,23-24,26-29H,2-8,11-15,17,21-22H2,1H3/b10-9+. The first-order chi connectivity index (χ1) is 20.7. The molecule has 0 radical (unpaired) electrons. The van der Waals surface area contributed by atoms with Crippen molar-refractivity contribution in [1.82, 2.24) is 0 Å². The van der Waals surface area contributed by atoms with Crippen LogP contribution in [0.25, 0.3) is 0 Å². The largest absolute Gasteiger partial charge is 0.490 e. The Labute approximate surface area is 259 Å². The lowest BCUT2D eigenvalue weighted by Crippen LogP contribution is -2.20. The van der Waals surface area contributed by atoms with E-state index in [1.807, 2.05) is 12.3 Å². The normalized spacial score (nSPS) is 23.0. The molecule has 4 rings (SSSR count). The molecule has 0 N–H and O–H groups in total. The molecule has 2 aliphatic carbocycles. The predicted molar refractivity (Wildman–Crippen MR) is 167 cm³/mol. The minimum atomic E-state index is -3.65.